The number of rotatable bonds is 6. The van der Waals surface area contributed by atoms with Crippen LogP contribution in [0.5, 0.6) is 0 Å². The number of methoxy groups -OCH3 is 1. The molecule has 2 heteroatoms. The van der Waals surface area contributed by atoms with Gasteiger partial charge in [0.2, 0.25) is 0 Å². The van der Waals surface area contributed by atoms with E-state index in [2.05, 4.69) is 70.7 Å². The van der Waals surface area contributed by atoms with E-state index in [0.717, 1.165) is 33.7 Å². The fraction of sp³-hybridized carbons (Fsp3) is 0.320. The summed E-state index contributed by atoms with van der Waals surface area (Å²) in [5.74, 6) is 1.29. The Morgan fingerprint density at radius 2 is 1.70 bits per heavy atom. The van der Waals surface area contributed by atoms with E-state index in [9.17, 15) is 0 Å². The zero-order valence-corrected chi connectivity index (χ0v) is 17.7. The summed E-state index contributed by atoms with van der Waals surface area (Å²) < 4.78 is 5.46. The molecule has 142 valence electrons. The van der Waals surface area contributed by atoms with E-state index < -0.39 is 0 Å². The zero-order valence-electron chi connectivity index (χ0n) is 17.7. The third-order valence-electron chi connectivity index (χ3n) is 4.57. The molecule has 2 nitrogen and oxygen atoms in total. The van der Waals surface area contributed by atoms with Crippen LogP contribution in [0.25, 0.3) is 11.1 Å². The molecule has 0 spiro atoms. The maximum Gasteiger partial charge on any atom is 0.101 e. The van der Waals surface area contributed by atoms with Crippen molar-refractivity contribution in [2.45, 2.75) is 41.5 Å². The lowest BCUT2D eigenvalue weighted by Crippen LogP contribution is -2.01. The molecule has 0 radical (unpaired) electrons. The molecule has 0 aliphatic rings. The molecule has 0 unspecified atom stereocenters. The van der Waals surface area contributed by atoms with Gasteiger partial charge in [0, 0.05) is 22.9 Å². The summed E-state index contributed by atoms with van der Waals surface area (Å²) in [7, 11) is 1.69. The van der Waals surface area contributed by atoms with Crippen molar-refractivity contribution in [3.05, 3.63) is 88.5 Å². The SMILES string of the molecule is C=C(C)/C(=C(/C)OC)c1cnc(/C(=C\C(C)C)c2ccc(C)cc2)c(C)c1. The van der Waals surface area contributed by atoms with E-state index in [-0.39, 0.29) is 0 Å². The van der Waals surface area contributed by atoms with Crippen molar-refractivity contribution in [1.29, 1.82) is 0 Å². The Hall–Kier alpha value is -2.61. The first-order valence-corrected chi connectivity index (χ1v) is 9.41. The van der Waals surface area contributed by atoms with Crippen LogP contribution in [0, 0.1) is 19.8 Å². The molecule has 27 heavy (non-hydrogen) atoms. The minimum atomic E-state index is 0.434. The third kappa shape index (κ3) is 4.97. The van der Waals surface area contributed by atoms with Crippen LogP contribution in [-0.2, 0) is 4.74 Å². The Bertz CT molecular complexity index is 883. The lowest BCUT2D eigenvalue weighted by Gasteiger charge is -2.16. The highest BCUT2D eigenvalue weighted by Crippen LogP contribution is 2.31. The van der Waals surface area contributed by atoms with Crippen LogP contribution < -0.4 is 0 Å². The Morgan fingerprint density at radius 1 is 1.07 bits per heavy atom. The van der Waals surface area contributed by atoms with E-state index in [0.29, 0.717) is 5.92 Å². The predicted molar refractivity (Wildman–Crippen MR) is 116 cm³/mol. The lowest BCUT2D eigenvalue weighted by molar-refractivity contribution is 0.296. The Labute approximate surface area is 164 Å². The van der Waals surface area contributed by atoms with Gasteiger partial charge in [-0.25, -0.2) is 0 Å². The Balaban J connectivity index is 2.60. The number of pyridine rings is 1. The van der Waals surface area contributed by atoms with Crippen molar-refractivity contribution in [3.63, 3.8) is 0 Å². The van der Waals surface area contributed by atoms with Gasteiger partial charge in [0.05, 0.1) is 12.8 Å². The summed E-state index contributed by atoms with van der Waals surface area (Å²) in [6.45, 7) is 16.7. The highest BCUT2D eigenvalue weighted by Gasteiger charge is 2.14. The molecule has 0 atom stereocenters. The molecule has 1 aromatic carbocycles. The first-order chi connectivity index (χ1) is 12.7. The highest BCUT2D eigenvalue weighted by molar-refractivity contribution is 5.83. The van der Waals surface area contributed by atoms with E-state index in [4.69, 9.17) is 9.72 Å². The van der Waals surface area contributed by atoms with Crippen LogP contribution in [0.2, 0.25) is 0 Å². The number of hydrogen-bond donors (Lipinski definition) is 0. The van der Waals surface area contributed by atoms with Crippen molar-refractivity contribution in [2.24, 2.45) is 5.92 Å². The van der Waals surface area contributed by atoms with E-state index in [1.54, 1.807) is 7.11 Å². The van der Waals surface area contributed by atoms with Gasteiger partial charge < -0.3 is 4.74 Å². The van der Waals surface area contributed by atoms with Crippen LogP contribution in [0.3, 0.4) is 0 Å². The summed E-state index contributed by atoms with van der Waals surface area (Å²) in [4.78, 5) is 4.85. The first kappa shape index (κ1) is 20.7. The number of aryl methyl sites for hydroxylation is 2. The van der Waals surface area contributed by atoms with Gasteiger partial charge in [-0.3, -0.25) is 4.98 Å². The second kappa shape index (κ2) is 8.85. The Morgan fingerprint density at radius 3 is 2.19 bits per heavy atom. The number of nitrogens with zero attached hydrogens (tertiary/aromatic N) is 1. The number of ether oxygens (including phenoxy) is 1. The van der Waals surface area contributed by atoms with Gasteiger partial charge in [0.15, 0.2) is 0 Å². The molecule has 2 rings (SSSR count). The van der Waals surface area contributed by atoms with Gasteiger partial charge >= 0.3 is 0 Å². The van der Waals surface area contributed by atoms with Gasteiger partial charge in [-0.1, -0.05) is 56.3 Å². The standard InChI is InChI=1S/C25H31NO/c1-16(2)13-23(21-11-9-18(5)10-12-21)25-19(6)14-22(15-26-25)24(17(3)4)20(7)27-8/h9-16H,3H2,1-2,4-8H3/b23-13-,24-20+. The average Bonchev–Trinajstić information content (AvgIpc) is 2.60. The second-order valence-corrected chi connectivity index (χ2v) is 7.50. The molecule has 1 heterocycles. The third-order valence-corrected chi connectivity index (χ3v) is 4.57. The molecule has 0 amide bonds. The highest BCUT2D eigenvalue weighted by atomic mass is 16.5. The van der Waals surface area contributed by atoms with Gasteiger partial charge in [-0.15, -0.1) is 0 Å². The number of hydrogen-bond acceptors (Lipinski definition) is 2. The van der Waals surface area contributed by atoms with Gasteiger partial charge in [-0.2, -0.15) is 0 Å². The number of benzene rings is 1. The average molecular weight is 362 g/mol. The van der Waals surface area contributed by atoms with Crippen molar-refractivity contribution in [3.8, 4) is 0 Å². The second-order valence-electron chi connectivity index (χ2n) is 7.50. The van der Waals surface area contributed by atoms with Crippen molar-refractivity contribution in [2.75, 3.05) is 7.11 Å². The fourth-order valence-electron chi connectivity index (χ4n) is 3.22. The molecule has 0 saturated carbocycles. The van der Waals surface area contributed by atoms with E-state index in [1.165, 1.54) is 16.7 Å². The number of allylic oxidation sites excluding steroid dienone is 4. The maximum absolute atomic E-state index is 5.46. The molecule has 1 aromatic heterocycles. The Kier molecular flexibility index (Phi) is 6.79. The number of aromatic nitrogens is 1. The molecular weight excluding hydrogens is 330 g/mol. The molecule has 0 fully saturated rings. The molecular formula is C25H31NO. The molecule has 0 saturated heterocycles. The van der Waals surface area contributed by atoms with Crippen LogP contribution in [0.4, 0.5) is 0 Å². The summed E-state index contributed by atoms with van der Waals surface area (Å²) in [5, 5.41) is 0. The zero-order chi connectivity index (χ0) is 20.1. The van der Waals surface area contributed by atoms with Crippen molar-refractivity contribution >= 4 is 11.1 Å². The van der Waals surface area contributed by atoms with Crippen LogP contribution in [0.1, 0.15) is 55.6 Å². The summed E-state index contributed by atoms with van der Waals surface area (Å²) in [5.41, 5.74) is 8.82. The topological polar surface area (TPSA) is 22.1 Å². The molecule has 0 N–H and O–H groups in total. The molecule has 0 aliphatic carbocycles. The van der Waals surface area contributed by atoms with E-state index in [1.807, 2.05) is 20.0 Å². The van der Waals surface area contributed by atoms with E-state index >= 15 is 0 Å². The quantitative estimate of drug-likeness (QED) is 0.420. The summed E-state index contributed by atoms with van der Waals surface area (Å²) in [6, 6.07) is 10.8. The molecule has 0 aliphatic heterocycles. The van der Waals surface area contributed by atoms with Gasteiger partial charge in [0.1, 0.15) is 5.76 Å². The molecule has 2 aromatic rings. The minimum absolute atomic E-state index is 0.434. The van der Waals surface area contributed by atoms with Crippen molar-refractivity contribution in [1.82, 2.24) is 4.98 Å². The minimum Gasteiger partial charge on any atom is -0.501 e. The summed E-state index contributed by atoms with van der Waals surface area (Å²) >= 11 is 0. The smallest absolute Gasteiger partial charge is 0.101 e. The predicted octanol–water partition coefficient (Wildman–Crippen LogP) is 6.74. The van der Waals surface area contributed by atoms with Crippen LogP contribution >= 0.6 is 0 Å². The van der Waals surface area contributed by atoms with Crippen LogP contribution in [0.15, 0.2) is 60.5 Å². The lowest BCUT2D eigenvalue weighted by atomic mass is 9.93. The fourth-order valence-corrected chi connectivity index (χ4v) is 3.22. The maximum atomic E-state index is 5.46. The van der Waals surface area contributed by atoms with Gasteiger partial charge in [0.25, 0.3) is 0 Å². The first-order valence-electron chi connectivity index (χ1n) is 9.41. The monoisotopic (exact) mass is 361 g/mol. The summed E-state index contributed by atoms with van der Waals surface area (Å²) in [6.07, 6.45) is 4.22. The normalized spacial score (nSPS) is 12.8. The largest absolute Gasteiger partial charge is 0.501 e. The van der Waals surface area contributed by atoms with Gasteiger partial charge in [-0.05, 0) is 56.4 Å². The molecule has 0 bridgehead atoms. The van der Waals surface area contributed by atoms with Crippen molar-refractivity contribution < 1.29 is 4.74 Å². The van der Waals surface area contributed by atoms with Crippen LogP contribution in [-0.4, -0.2) is 12.1 Å².